The smallest absolute Gasteiger partial charge is 0.342 e. The number of hydrogen-bond donors (Lipinski definition) is 1. The van der Waals surface area contributed by atoms with Crippen LogP contribution in [0.3, 0.4) is 0 Å². The van der Waals surface area contributed by atoms with E-state index in [1.165, 1.54) is 19.3 Å². The number of esters is 2. The third-order valence-electron chi connectivity index (χ3n) is 5.33. The van der Waals surface area contributed by atoms with Crippen LogP contribution in [0.2, 0.25) is 0 Å². The molecule has 3 aromatic rings. The van der Waals surface area contributed by atoms with Crippen LogP contribution < -0.4 is 9.64 Å². The summed E-state index contributed by atoms with van der Waals surface area (Å²) in [6.07, 6.45) is 2.87. The van der Waals surface area contributed by atoms with Crippen LogP contribution in [0.15, 0.2) is 83.0 Å². The molecule has 0 aromatic heterocycles. The summed E-state index contributed by atoms with van der Waals surface area (Å²) in [6.45, 7) is 2.40. The van der Waals surface area contributed by atoms with Crippen molar-refractivity contribution in [3.63, 3.8) is 0 Å². The number of aromatic carboxylic acids is 1. The van der Waals surface area contributed by atoms with Crippen molar-refractivity contribution < 1.29 is 33.9 Å². The van der Waals surface area contributed by atoms with Crippen LogP contribution in [0.1, 0.15) is 22.8 Å². The maximum atomic E-state index is 12.5. The Morgan fingerprint density at radius 2 is 1.64 bits per heavy atom. The van der Waals surface area contributed by atoms with Crippen molar-refractivity contribution in [3.8, 4) is 5.75 Å². The number of nitrogens with zero attached hydrogens (tertiary/aromatic N) is 4. The zero-order chi connectivity index (χ0) is 28.4. The lowest BCUT2D eigenvalue weighted by atomic mass is 10.1. The van der Waals surface area contributed by atoms with E-state index in [2.05, 4.69) is 15.0 Å². The van der Waals surface area contributed by atoms with Gasteiger partial charge in [-0.3, -0.25) is 10.1 Å². The molecule has 0 aliphatic carbocycles. The van der Waals surface area contributed by atoms with Crippen LogP contribution in [0.5, 0.6) is 5.75 Å². The Morgan fingerprint density at radius 1 is 1.00 bits per heavy atom. The molecule has 39 heavy (non-hydrogen) atoms. The summed E-state index contributed by atoms with van der Waals surface area (Å²) in [5, 5.41) is 28.2. The first-order valence-corrected chi connectivity index (χ1v) is 11.6. The molecule has 3 rings (SSSR count). The summed E-state index contributed by atoms with van der Waals surface area (Å²) >= 11 is 0. The zero-order valence-corrected chi connectivity index (χ0v) is 21.0. The van der Waals surface area contributed by atoms with Crippen LogP contribution in [0.25, 0.3) is 6.08 Å². The van der Waals surface area contributed by atoms with Crippen LogP contribution in [-0.4, -0.2) is 48.1 Å². The fourth-order valence-corrected chi connectivity index (χ4v) is 3.35. The maximum absolute atomic E-state index is 12.5. The van der Waals surface area contributed by atoms with Gasteiger partial charge in [-0.1, -0.05) is 12.1 Å². The fourth-order valence-electron chi connectivity index (χ4n) is 3.35. The van der Waals surface area contributed by atoms with Crippen molar-refractivity contribution in [3.05, 3.63) is 94.0 Å². The van der Waals surface area contributed by atoms with E-state index in [0.717, 1.165) is 23.4 Å². The summed E-state index contributed by atoms with van der Waals surface area (Å²) < 4.78 is 9.96. The van der Waals surface area contributed by atoms with Crippen LogP contribution >= 0.6 is 0 Å². The number of nitro groups is 1. The molecular formula is C27H24N4O8. The number of carbonyl (C=O) groups excluding carboxylic acids is 2. The zero-order valence-electron chi connectivity index (χ0n) is 21.0. The lowest BCUT2D eigenvalue weighted by Gasteiger charge is -2.22. The Bertz CT molecular complexity index is 1420. The SMILES string of the molecule is CCN(CC(=O)Oc1ccc(/C=C/C(=O)OC)cc1)c1ccc(/N=N/c2ccc([N+](=O)[O-])c(C(=O)O)c2)cc1. The summed E-state index contributed by atoms with van der Waals surface area (Å²) in [4.78, 5) is 47.0. The number of carboxylic acids is 1. The number of nitro benzene ring substituents is 1. The summed E-state index contributed by atoms with van der Waals surface area (Å²) in [5.74, 6) is -2.02. The first-order chi connectivity index (χ1) is 18.7. The number of carboxylic acid groups (broad SMARTS) is 1. The van der Waals surface area contributed by atoms with Crippen molar-refractivity contribution in [2.24, 2.45) is 10.2 Å². The molecule has 0 atom stereocenters. The molecule has 0 unspecified atom stereocenters. The van der Waals surface area contributed by atoms with Crippen LogP contribution in [0.4, 0.5) is 22.7 Å². The van der Waals surface area contributed by atoms with Gasteiger partial charge < -0.3 is 19.5 Å². The molecule has 12 nitrogen and oxygen atoms in total. The molecule has 0 bridgehead atoms. The number of benzene rings is 3. The van der Waals surface area contributed by atoms with E-state index < -0.39 is 34.1 Å². The van der Waals surface area contributed by atoms with E-state index in [4.69, 9.17) is 4.74 Å². The topological polar surface area (TPSA) is 161 Å². The van der Waals surface area contributed by atoms with Crippen molar-refractivity contribution in [2.45, 2.75) is 6.92 Å². The van der Waals surface area contributed by atoms with E-state index >= 15 is 0 Å². The van der Waals surface area contributed by atoms with E-state index in [1.54, 1.807) is 59.5 Å². The van der Waals surface area contributed by atoms with E-state index in [9.17, 15) is 29.6 Å². The molecule has 1 N–H and O–H groups in total. The van der Waals surface area contributed by atoms with E-state index in [0.29, 0.717) is 18.0 Å². The third kappa shape index (κ3) is 8.05. The lowest BCUT2D eigenvalue weighted by Crippen LogP contribution is -2.32. The second kappa shape index (κ2) is 13.2. The number of ether oxygens (including phenoxy) is 2. The van der Waals surface area contributed by atoms with Gasteiger partial charge in [-0.15, -0.1) is 0 Å². The molecule has 0 heterocycles. The number of likely N-dealkylation sites (N-methyl/N-ethyl adjacent to an activating group) is 1. The van der Waals surface area contributed by atoms with Gasteiger partial charge in [0, 0.05) is 24.4 Å². The molecule has 0 amide bonds. The quantitative estimate of drug-likeness (QED) is 0.0859. The fraction of sp³-hybridized carbons (Fsp3) is 0.148. The summed E-state index contributed by atoms with van der Waals surface area (Å²) in [6, 6.07) is 16.9. The van der Waals surface area contributed by atoms with Crippen LogP contribution in [0, 0.1) is 10.1 Å². The Balaban J connectivity index is 1.62. The number of azo groups is 1. The highest BCUT2D eigenvalue weighted by Gasteiger charge is 2.20. The first-order valence-electron chi connectivity index (χ1n) is 11.6. The van der Waals surface area contributed by atoms with Gasteiger partial charge in [0.15, 0.2) is 0 Å². The molecule has 200 valence electrons. The molecule has 0 radical (unpaired) electrons. The molecule has 0 spiro atoms. The predicted molar refractivity (Wildman–Crippen MR) is 142 cm³/mol. The Labute approximate surface area is 223 Å². The summed E-state index contributed by atoms with van der Waals surface area (Å²) in [5.41, 5.74) is 1.06. The number of hydrogen-bond acceptors (Lipinski definition) is 10. The minimum absolute atomic E-state index is 0.0118. The molecule has 0 aliphatic heterocycles. The van der Waals surface area contributed by atoms with Gasteiger partial charge in [-0.2, -0.15) is 10.2 Å². The van der Waals surface area contributed by atoms with Gasteiger partial charge in [0.1, 0.15) is 17.9 Å². The average molecular weight is 533 g/mol. The highest BCUT2D eigenvalue weighted by Crippen LogP contribution is 2.27. The second-order valence-corrected chi connectivity index (χ2v) is 7.89. The van der Waals surface area contributed by atoms with Crippen molar-refractivity contribution >= 4 is 46.7 Å². The van der Waals surface area contributed by atoms with E-state index in [1.807, 2.05) is 6.92 Å². The summed E-state index contributed by atoms with van der Waals surface area (Å²) in [7, 11) is 1.29. The molecule has 0 fully saturated rings. The predicted octanol–water partition coefficient (Wildman–Crippen LogP) is 5.33. The highest BCUT2D eigenvalue weighted by atomic mass is 16.6. The monoisotopic (exact) mass is 532 g/mol. The maximum Gasteiger partial charge on any atom is 0.342 e. The number of methoxy groups -OCH3 is 1. The Kier molecular flexibility index (Phi) is 9.57. The molecule has 0 saturated carbocycles. The third-order valence-corrected chi connectivity index (χ3v) is 5.33. The molecule has 12 heteroatoms. The number of rotatable bonds is 11. The van der Waals surface area contributed by atoms with Gasteiger partial charge in [0.25, 0.3) is 5.69 Å². The van der Waals surface area contributed by atoms with Crippen molar-refractivity contribution in [1.29, 1.82) is 0 Å². The van der Waals surface area contributed by atoms with Crippen molar-refractivity contribution in [2.75, 3.05) is 25.1 Å². The first kappa shape index (κ1) is 28.2. The second-order valence-electron chi connectivity index (χ2n) is 7.89. The minimum Gasteiger partial charge on any atom is -0.477 e. The highest BCUT2D eigenvalue weighted by molar-refractivity contribution is 5.93. The minimum atomic E-state index is -1.44. The lowest BCUT2D eigenvalue weighted by molar-refractivity contribution is -0.385. The molecule has 0 aliphatic rings. The van der Waals surface area contributed by atoms with E-state index in [-0.39, 0.29) is 12.2 Å². The molecule has 3 aromatic carbocycles. The normalized spacial score (nSPS) is 10.9. The Morgan fingerprint density at radius 3 is 2.23 bits per heavy atom. The number of anilines is 1. The number of carbonyl (C=O) groups is 3. The average Bonchev–Trinajstić information content (AvgIpc) is 2.94. The van der Waals surface area contributed by atoms with Gasteiger partial charge in [-0.25, -0.2) is 14.4 Å². The van der Waals surface area contributed by atoms with Crippen molar-refractivity contribution in [1.82, 2.24) is 0 Å². The van der Waals surface area contributed by atoms with Gasteiger partial charge >= 0.3 is 17.9 Å². The Hall–Kier alpha value is -5.39. The molecule has 0 saturated heterocycles. The molecular weight excluding hydrogens is 508 g/mol. The van der Waals surface area contributed by atoms with Gasteiger partial charge in [0.05, 0.1) is 23.4 Å². The van der Waals surface area contributed by atoms with Crippen LogP contribution in [-0.2, 0) is 14.3 Å². The largest absolute Gasteiger partial charge is 0.477 e. The van der Waals surface area contributed by atoms with Gasteiger partial charge in [-0.05, 0) is 67.1 Å². The standard InChI is InChI=1S/C27H24N4O8/c1-3-30(17-26(33)39-22-12-4-18(5-13-22)6-15-25(32)38-2)21-10-7-19(8-11-21)28-29-20-9-14-24(31(36)37)23(16-20)27(34)35/h4-16H,3,17H2,1-2H3,(H,34,35)/b15-6+,29-28+. The van der Waals surface area contributed by atoms with Gasteiger partial charge in [0.2, 0.25) is 0 Å².